The lowest BCUT2D eigenvalue weighted by Crippen LogP contribution is -2.09. The first-order valence-corrected chi connectivity index (χ1v) is 3.92. The van der Waals surface area contributed by atoms with E-state index in [0.29, 0.717) is 11.9 Å². The summed E-state index contributed by atoms with van der Waals surface area (Å²) in [7, 11) is 0. The van der Waals surface area contributed by atoms with Crippen molar-refractivity contribution in [3.8, 4) is 0 Å². The molecular formula is C8H11N3O. The van der Waals surface area contributed by atoms with Gasteiger partial charge in [-0.25, -0.2) is 4.98 Å². The van der Waals surface area contributed by atoms with E-state index in [-0.39, 0.29) is 0 Å². The van der Waals surface area contributed by atoms with Crippen LogP contribution < -0.4 is 11.1 Å². The fraction of sp³-hybridized carbons (Fsp3) is 0.375. The number of nitrogens with one attached hydrogen (secondary N) is 1. The molecule has 0 bridgehead atoms. The summed E-state index contributed by atoms with van der Waals surface area (Å²) in [5.74, 6) is 1.35. The predicted molar refractivity (Wildman–Crippen MR) is 46.9 cm³/mol. The van der Waals surface area contributed by atoms with Crippen LogP contribution in [0.4, 0.5) is 11.6 Å². The van der Waals surface area contributed by atoms with E-state index in [4.69, 9.17) is 10.5 Å². The average molecular weight is 165 g/mol. The molecule has 1 aliphatic heterocycles. The number of rotatable bonds is 3. The summed E-state index contributed by atoms with van der Waals surface area (Å²) in [6, 6.07) is 5.52. The van der Waals surface area contributed by atoms with Gasteiger partial charge in [0.05, 0.1) is 12.7 Å². The molecule has 1 aromatic rings. The number of ether oxygens (including phenoxy) is 1. The van der Waals surface area contributed by atoms with Gasteiger partial charge in [-0.3, -0.25) is 0 Å². The van der Waals surface area contributed by atoms with Crippen molar-refractivity contribution in [1.82, 2.24) is 4.98 Å². The van der Waals surface area contributed by atoms with E-state index in [1.807, 2.05) is 12.1 Å². The summed E-state index contributed by atoms with van der Waals surface area (Å²) in [5, 5.41) is 3.13. The van der Waals surface area contributed by atoms with Crippen LogP contribution in [0.2, 0.25) is 0 Å². The molecule has 0 aromatic carbocycles. The first kappa shape index (κ1) is 7.36. The topological polar surface area (TPSA) is 63.5 Å². The third kappa shape index (κ3) is 1.85. The van der Waals surface area contributed by atoms with Crippen molar-refractivity contribution in [2.75, 3.05) is 24.2 Å². The Morgan fingerprint density at radius 2 is 2.50 bits per heavy atom. The van der Waals surface area contributed by atoms with Gasteiger partial charge < -0.3 is 15.8 Å². The van der Waals surface area contributed by atoms with Gasteiger partial charge in [0.15, 0.2) is 0 Å². The zero-order valence-corrected chi connectivity index (χ0v) is 6.66. The second kappa shape index (κ2) is 2.98. The van der Waals surface area contributed by atoms with Crippen LogP contribution in [0, 0.1) is 0 Å². The lowest BCUT2D eigenvalue weighted by Gasteiger charge is -2.02. The number of pyridine rings is 1. The Balaban J connectivity index is 1.92. The van der Waals surface area contributed by atoms with Crippen LogP contribution >= 0.6 is 0 Å². The van der Waals surface area contributed by atoms with Crippen molar-refractivity contribution in [3.63, 3.8) is 0 Å². The molecule has 1 atom stereocenters. The zero-order chi connectivity index (χ0) is 8.39. The average Bonchev–Trinajstić information content (AvgIpc) is 2.84. The van der Waals surface area contributed by atoms with E-state index in [0.717, 1.165) is 19.0 Å². The number of nitrogens with two attached hydrogens (primary N) is 1. The summed E-state index contributed by atoms with van der Waals surface area (Å²) in [5.41, 5.74) is 5.50. The van der Waals surface area contributed by atoms with Crippen molar-refractivity contribution in [1.29, 1.82) is 0 Å². The van der Waals surface area contributed by atoms with E-state index < -0.39 is 0 Å². The van der Waals surface area contributed by atoms with Crippen molar-refractivity contribution < 1.29 is 4.74 Å². The Labute approximate surface area is 70.7 Å². The third-order valence-electron chi connectivity index (χ3n) is 1.68. The van der Waals surface area contributed by atoms with E-state index in [1.54, 1.807) is 6.07 Å². The molecule has 4 heteroatoms. The molecule has 4 nitrogen and oxygen atoms in total. The van der Waals surface area contributed by atoms with Gasteiger partial charge in [0.25, 0.3) is 0 Å². The second-order valence-corrected chi connectivity index (χ2v) is 2.78. The first-order chi connectivity index (χ1) is 5.84. The Bertz CT molecular complexity index is 273. The summed E-state index contributed by atoms with van der Waals surface area (Å²) in [4.78, 5) is 4.08. The Kier molecular flexibility index (Phi) is 1.83. The number of epoxide rings is 1. The second-order valence-electron chi connectivity index (χ2n) is 2.78. The number of anilines is 2. The van der Waals surface area contributed by atoms with E-state index in [2.05, 4.69) is 10.3 Å². The molecule has 3 N–H and O–H groups in total. The quantitative estimate of drug-likeness (QED) is 0.639. The van der Waals surface area contributed by atoms with Gasteiger partial charge in [0.1, 0.15) is 11.6 Å². The standard InChI is InChI=1S/C8H11N3O/c9-7-2-1-3-8(11-7)10-4-6-5-12-6/h1-3,6H,4-5H2,(H3,9,10,11). The van der Waals surface area contributed by atoms with Gasteiger partial charge in [-0.1, -0.05) is 6.07 Å². The molecular weight excluding hydrogens is 154 g/mol. The molecule has 1 saturated heterocycles. The number of hydrogen-bond donors (Lipinski definition) is 2. The highest BCUT2D eigenvalue weighted by Gasteiger charge is 2.21. The molecule has 64 valence electrons. The molecule has 12 heavy (non-hydrogen) atoms. The highest BCUT2D eigenvalue weighted by Crippen LogP contribution is 2.11. The van der Waals surface area contributed by atoms with Crippen molar-refractivity contribution in [2.45, 2.75) is 6.10 Å². The van der Waals surface area contributed by atoms with Crippen molar-refractivity contribution in [2.24, 2.45) is 0 Å². The monoisotopic (exact) mass is 165 g/mol. The van der Waals surface area contributed by atoms with E-state index >= 15 is 0 Å². The fourth-order valence-electron chi connectivity index (χ4n) is 0.954. The molecule has 1 aromatic heterocycles. The van der Waals surface area contributed by atoms with Crippen LogP contribution in [0.5, 0.6) is 0 Å². The highest BCUT2D eigenvalue weighted by molar-refractivity contribution is 5.42. The Hall–Kier alpha value is -1.29. The largest absolute Gasteiger partial charge is 0.384 e. The Morgan fingerprint density at radius 3 is 3.17 bits per heavy atom. The predicted octanol–water partition coefficient (Wildman–Crippen LogP) is 0.474. The fourth-order valence-corrected chi connectivity index (χ4v) is 0.954. The van der Waals surface area contributed by atoms with Crippen LogP contribution in [0.3, 0.4) is 0 Å². The van der Waals surface area contributed by atoms with E-state index in [9.17, 15) is 0 Å². The maximum atomic E-state index is 5.50. The molecule has 1 aliphatic rings. The number of nitrogen functional groups attached to an aromatic ring is 1. The first-order valence-electron chi connectivity index (χ1n) is 3.92. The summed E-state index contributed by atoms with van der Waals surface area (Å²) in [6.45, 7) is 1.67. The number of nitrogens with zero attached hydrogens (tertiary/aromatic N) is 1. The summed E-state index contributed by atoms with van der Waals surface area (Å²) < 4.78 is 5.04. The maximum absolute atomic E-state index is 5.50. The van der Waals surface area contributed by atoms with Crippen LogP contribution in [0.25, 0.3) is 0 Å². The lowest BCUT2D eigenvalue weighted by atomic mass is 10.4. The van der Waals surface area contributed by atoms with Crippen LogP contribution in [0.1, 0.15) is 0 Å². The molecule has 1 unspecified atom stereocenters. The Morgan fingerprint density at radius 1 is 1.67 bits per heavy atom. The van der Waals surface area contributed by atoms with Gasteiger partial charge in [-0.05, 0) is 12.1 Å². The third-order valence-corrected chi connectivity index (χ3v) is 1.68. The van der Waals surface area contributed by atoms with Gasteiger partial charge in [-0.2, -0.15) is 0 Å². The molecule has 0 saturated carbocycles. The lowest BCUT2D eigenvalue weighted by molar-refractivity contribution is 0.416. The molecule has 0 amide bonds. The minimum Gasteiger partial charge on any atom is -0.384 e. The minimum atomic E-state index is 0.369. The zero-order valence-electron chi connectivity index (χ0n) is 6.66. The number of hydrogen-bond acceptors (Lipinski definition) is 4. The van der Waals surface area contributed by atoms with Crippen LogP contribution in [-0.4, -0.2) is 24.2 Å². The van der Waals surface area contributed by atoms with Gasteiger partial charge in [-0.15, -0.1) is 0 Å². The van der Waals surface area contributed by atoms with Crippen molar-refractivity contribution >= 4 is 11.6 Å². The summed E-state index contributed by atoms with van der Waals surface area (Å²) in [6.07, 6.45) is 0.369. The van der Waals surface area contributed by atoms with Crippen LogP contribution in [0.15, 0.2) is 18.2 Å². The summed E-state index contributed by atoms with van der Waals surface area (Å²) >= 11 is 0. The minimum absolute atomic E-state index is 0.369. The highest BCUT2D eigenvalue weighted by atomic mass is 16.6. The SMILES string of the molecule is Nc1cccc(NCC2CO2)n1. The van der Waals surface area contributed by atoms with Gasteiger partial charge >= 0.3 is 0 Å². The molecule has 0 radical (unpaired) electrons. The molecule has 2 heterocycles. The van der Waals surface area contributed by atoms with Crippen LogP contribution in [-0.2, 0) is 4.74 Å². The maximum Gasteiger partial charge on any atom is 0.128 e. The van der Waals surface area contributed by atoms with Crippen molar-refractivity contribution in [3.05, 3.63) is 18.2 Å². The molecule has 0 aliphatic carbocycles. The van der Waals surface area contributed by atoms with E-state index in [1.165, 1.54) is 0 Å². The normalized spacial score (nSPS) is 20.5. The van der Waals surface area contributed by atoms with Gasteiger partial charge in [0, 0.05) is 6.54 Å². The molecule has 0 spiro atoms. The number of aromatic nitrogens is 1. The molecule has 2 rings (SSSR count). The molecule has 1 fully saturated rings. The van der Waals surface area contributed by atoms with Gasteiger partial charge in [0.2, 0.25) is 0 Å². The smallest absolute Gasteiger partial charge is 0.128 e.